The Morgan fingerprint density at radius 3 is 3.00 bits per heavy atom. The normalized spacial score (nSPS) is 10.6. The van der Waals surface area contributed by atoms with Crippen molar-refractivity contribution in [2.24, 2.45) is 0 Å². The monoisotopic (exact) mass is 238 g/mol. The van der Waals surface area contributed by atoms with Crippen LogP contribution in [-0.2, 0) is 0 Å². The van der Waals surface area contributed by atoms with Crippen LogP contribution in [0.15, 0.2) is 22.9 Å². The van der Waals surface area contributed by atoms with E-state index in [1.165, 1.54) is 6.92 Å². The minimum absolute atomic E-state index is 0.0249. The molecule has 0 fully saturated rings. The van der Waals surface area contributed by atoms with Crippen LogP contribution in [0.3, 0.4) is 0 Å². The fourth-order valence-electron chi connectivity index (χ4n) is 1.24. The molecule has 66 valence electrons. The largest absolute Gasteiger partial charge is 0.359 e. The molecule has 0 atom stereocenters. The second kappa shape index (κ2) is 2.96. The molecule has 0 saturated heterocycles. The Morgan fingerprint density at radius 1 is 1.54 bits per heavy atom. The van der Waals surface area contributed by atoms with Gasteiger partial charge in [0.2, 0.25) is 0 Å². The number of carbonyl (C=O) groups excluding carboxylic acids is 1. The molecule has 0 spiro atoms. The summed E-state index contributed by atoms with van der Waals surface area (Å²) in [6.07, 6.45) is 1.69. The summed E-state index contributed by atoms with van der Waals surface area (Å²) in [6, 6.07) is 3.72. The van der Waals surface area contributed by atoms with E-state index in [4.69, 9.17) is 0 Å². The van der Waals surface area contributed by atoms with Gasteiger partial charge in [0.15, 0.2) is 5.78 Å². The zero-order valence-corrected chi connectivity index (χ0v) is 8.55. The first-order chi connectivity index (χ1) is 6.18. The van der Waals surface area contributed by atoms with Gasteiger partial charge in [0, 0.05) is 6.20 Å². The van der Waals surface area contributed by atoms with E-state index in [2.05, 4.69) is 25.9 Å². The second-order valence-electron chi connectivity index (χ2n) is 2.79. The Balaban J connectivity index is 2.79. The molecule has 3 nitrogen and oxygen atoms in total. The molecule has 1 N–H and O–H groups in total. The van der Waals surface area contributed by atoms with Gasteiger partial charge in [-0.05, 0) is 35.0 Å². The summed E-state index contributed by atoms with van der Waals surface area (Å²) in [7, 11) is 0. The van der Waals surface area contributed by atoms with Gasteiger partial charge in [-0.2, -0.15) is 0 Å². The van der Waals surface area contributed by atoms with Gasteiger partial charge in [-0.1, -0.05) is 0 Å². The molecular weight excluding hydrogens is 232 g/mol. The van der Waals surface area contributed by atoms with Crippen molar-refractivity contribution in [1.82, 2.24) is 9.97 Å². The van der Waals surface area contributed by atoms with Crippen molar-refractivity contribution in [1.29, 1.82) is 0 Å². The van der Waals surface area contributed by atoms with E-state index >= 15 is 0 Å². The maximum Gasteiger partial charge on any atom is 0.163 e. The van der Waals surface area contributed by atoms with Crippen LogP contribution >= 0.6 is 15.9 Å². The van der Waals surface area contributed by atoms with E-state index in [0.29, 0.717) is 5.56 Å². The number of H-pyrrole nitrogens is 1. The lowest BCUT2D eigenvalue weighted by Crippen LogP contribution is -1.90. The summed E-state index contributed by atoms with van der Waals surface area (Å²) < 4.78 is 0.738. The van der Waals surface area contributed by atoms with Gasteiger partial charge in [0.25, 0.3) is 0 Å². The third kappa shape index (κ3) is 1.37. The zero-order valence-electron chi connectivity index (χ0n) is 6.97. The summed E-state index contributed by atoms with van der Waals surface area (Å²) in [5, 5.41) is 0. The van der Waals surface area contributed by atoms with Crippen LogP contribution in [0, 0.1) is 0 Å². The molecule has 2 aromatic rings. The van der Waals surface area contributed by atoms with Gasteiger partial charge in [0.05, 0.1) is 11.1 Å². The summed E-state index contributed by atoms with van der Waals surface area (Å²) in [5.74, 6) is 0.0249. The maximum atomic E-state index is 11.2. The summed E-state index contributed by atoms with van der Waals surface area (Å²) in [4.78, 5) is 18.4. The third-order valence-electron chi connectivity index (χ3n) is 1.87. The number of ketones is 1. The lowest BCUT2D eigenvalue weighted by atomic mass is 10.2. The summed E-state index contributed by atoms with van der Waals surface area (Å²) >= 11 is 3.26. The standard InChI is InChI=1S/C9H7BrN2O/c1-5(13)6-4-11-7-2-3-8(10)12-9(6)7/h2-4,11H,1H3. The Hall–Kier alpha value is -1.16. The number of halogens is 1. The van der Waals surface area contributed by atoms with Crippen LogP contribution in [-0.4, -0.2) is 15.8 Å². The first-order valence-electron chi connectivity index (χ1n) is 3.83. The molecular formula is C9H7BrN2O. The molecule has 0 amide bonds. The lowest BCUT2D eigenvalue weighted by Gasteiger charge is -1.92. The highest BCUT2D eigenvalue weighted by molar-refractivity contribution is 9.10. The van der Waals surface area contributed by atoms with Gasteiger partial charge in [0.1, 0.15) is 10.1 Å². The van der Waals surface area contributed by atoms with Crippen molar-refractivity contribution < 1.29 is 4.79 Å². The van der Waals surface area contributed by atoms with Crippen LogP contribution in [0.4, 0.5) is 0 Å². The SMILES string of the molecule is CC(=O)c1c[nH]c2ccc(Br)nc12. The van der Waals surface area contributed by atoms with Crippen molar-refractivity contribution in [3.63, 3.8) is 0 Å². The smallest absolute Gasteiger partial charge is 0.163 e. The Kier molecular flexibility index (Phi) is 1.92. The molecule has 0 aromatic carbocycles. The van der Waals surface area contributed by atoms with Crippen LogP contribution in [0.25, 0.3) is 11.0 Å². The van der Waals surface area contributed by atoms with Crippen molar-refractivity contribution in [3.8, 4) is 0 Å². The third-order valence-corrected chi connectivity index (χ3v) is 2.31. The molecule has 2 aromatic heterocycles. The van der Waals surface area contributed by atoms with E-state index in [1.807, 2.05) is 12.1 Å². The van der Waals surface area contributed by atoms with E-state index in [1.54, 1.807) is 6.20 Å². The number of rotatable bonds is 1. The van der Waals surface area contributed by atoms with Crippen molar-refractivity contribution in [3.05, 3.63) is 28.5 Å². The molecule has 0 aliphatic rings. The summed E-state index contributed by atoms with van der Waals surface area (Å²) in [5.41, 5.74) is 2.24. The van der Waals surface area contributed by atoms with Crippen LogP contribution in [0.1, 0.15) is 17.3 Å². The van der Waals surface area contributed by atoms with Gasteiger partial charge in [-0.3, -0.25) is 4.79 Å². The molecule has 0 aliphatic carbocycles. The highest BCUT2D eigenvalue weighted by atomic mass is 79.9. The van der Waals surface area contributed by atoms with E-state index < -0.39 is 0 Å². The van der Waals surface area contributed by atoms with E-state index in [-0.39, 0.29) is 5.78 Å². The number of Topliss-reactive ketones (excluding diaryl/α,β-unsaturated/α-hetero) is 1. The highest BCUT2D eigenvalue weighted by Crippen LogP contribution is 2.18. The molecule has 0 bridgehead atoms. The molecule has 2 heterocycles. The number of nitrogens with one attached hydrogen (secondary N) is 1. The first-order valence-corrected chi connectivity index (χ1v) is 4.62. The van der Waals surface area contributed by atoms with Crippen molar-refractivity contribution >= 4 is 32.7 Å². The molecule has 0 radical (unpaired) electrons. The molecule has 0 unspecified atom stereocenters. The maximum absolute atomic E-state index is 11.2. The van der Waals surface area contributed by atoms with E-state index in [9.17, 15) is 4.79 Å². The number of aromatic amines is 1. The van der Waals surface area contributed by atoms with E-state index in [0.717, 1.165) is 15.6 Å². The van der Waals surface area contributed by atoms with Gasteiger partial charge >= 0.3 is 0 Å². The molecule has 13 heavy (non-hydrogen) atoms. The average molecular weight is 239 g/mol. The van der Waals surface area contributed by atoms with Crippen LogP contribution in [0.5, 0.6) is 0 Å². The zero-order chi connectivity index (χ0) is 9.42. The predicted octanol–water partition coefficient (Wildman–Crippen LogP) is 2.53. The number of carbonyl (C=O) groups is 1. The number of hydrogen-bond acceptors (Lipinski definition) is 2. The minimum Gasteiger partial charge on any atom is -0.359 e. The number of pyridine rings is 1. The molecule has 0 saturated carbocycles. The Morgan fingerprint density at radius 2 is 2.31 bits per heavy atom. The number of aromatic nitrogens is 2. The predicted molar refractivity (Wildman–Crippen MR) is 53.8 cm³/mol. The lowest BCUT2D eigenvalue weighted by molar-refractivity contribution is 0.101. The van der Waals surface area contributed by atoms with Crippen molar-refractivity contribution in [2.75, 3.05) is 0 Å². The van der Waals surface area contributed by atoms with Crippen LogP contribution < -0.4 is 0 Å². The fourth-order valence-corrected chi connectivity index (χ4v) is 1.55. The van der Waals surface area contributed by atoms with Crippen molar-refractivity contribution in [2.45, 2.75) is 6.92 Å². The quantitative estimate of drug-likeness (QED) is 0.613. The molecule has 0 aliphatic heterocycles. The van der Waals surface area contributed by atoms with Gasteiger partial charge < -0.3 is 4.98 Å². The van der Waals surface area contributed by atoms with Gasteiger partial charge in [-0.25, -0.2) is 4.98 Å². The van der Waals surface area contributed by atoms with Crippen LogP contribution in [0.2, 0.25) is 0 Å². The molecule has 4 heteroatoms. The fraction of sp³-hybridized carbons (Fsp3) is 0.111. The number of hydrogen-bond donors (Lipinski definition) is 1. The number of nitrogens with zero attached hydrogens (tertiary/aromatic N) is 1. The van der Waals surface area contributed by atoms with Gasteiger partial charge in [-0.15, -0.1) is 0 Å². The highest BCUT2D eigenvalue weighted by Gasteiger charge is 2.08. The first kappa shape index (κ1) is 8.44. The second-order valence-corrected chi connectivity index (χ2v) is 3.60. The average Bonchev–Trinajstić information content (AvgIpc) is 2.46. The minimum atomic E-state index is 0.0249. The Bertz CT molecular complexity index is 475. The Labute approximate surface area is 83.3 Å². The summed E-state index contributed by atoms with van der Waals surface area (Å²) in [6.45, 7) is 1.53. The molecule has 2 rings (SSSR count). The number of fused-ring (bicyclic) bond motifs is 1. The topological polar surface area (TPSA) is 45.8 Å².